The van der Waals surface area contributed by atoms with Crippen LogP contribution in [0.25, 0.3) is 16.6 Å². The van der Waals surface area contributed by atoms with Crippen molar-refractivity contribution in [3.8, 4) is 17.2 Å². The van der Waals surface area contributed by atoms with E-state index in [0.29, 0.717) is 0 Å². The third kappa shape index (κ3) is 3.04. The van der Waals surface area contributed by atoms with E-state index >= 15 is 0 Å². The van der Waals surface area contributed by atoms with Gasteiger partial charge in [-0.05, 0) is 36.4 Å². The molecule has 0 radical (unpaired) electrons. The number of benzene rings is 2. The van der Waals surface area contributed by atoms with Gasteiger partial charge in [-0.15, -0.1) is 0 Å². The minimum atomic E-state index is 0.747. The van der Waals surface area contributed by atoms with Gasteiger partial charge < -0.3 is 14.8 Å². The summed E-state index contributed by atoms with van der Waals surface area (Å²) >= 11 is 0. The predicted octanol–water partition coefficient (Wildman–Crippen LogP) is 4.18. The standard InChI is InChI=1S/C20H18N4O2/c1-25-16-4-5-19-18(13-16)20(6-8-21-19)23-14-10-15(12-17(11-14)26-2)24-9-3-7-22-24/h3-13H,1-2H3,(H,21,23). The van der Waals surface area contributed by atoms with Crippen molar-refractivity contribution in [3.05, 3.63) is 67.1 Å². The van der Waals surface area contributed by atoms with E-state index in [1.807, 2.05) is 54.7 Å². The first-order valence-electron chi connectivity index (χ1n) is 8.16. The highest BCUT2D eigenvalue weighted by Crippen LogP contribution is 2.30. The molecule has 6 heteroatoms. The molecule has 4 aromatic rings. The summed E-state index contributed by atoms with van der Waals surface area (Å²) in [4.78, 5) is 4.42. The third-order valence-electron chi connectivity index (χ3n) is 4.12. The van der Waals surface area contributed by atoms with Crippen molar-refractivity contribution in [1.29, 1.82) is 0 Å². The molecule has 6 nitrogen and oxygen atoms in total. The Morgan fingerprint density at radius 1 is 0.923 bits per heavy atom. The molecule has 0 saturated carbocycles. The number of pyridine rings is 1. The average molecular weight is 346 g/mol. The number of aromatic nitrogens is 3. The number of fused-ring (bicyclic) bond motifs is 1. The second kappa shape index (κ2) is 6.76. The van der Waals surface area contributed by atoms with Crippen LogP contribution in [0.4, 0.5) is 11.4 Å². The fraction of sp³-hybridized carbons (Fsp3) is 0.100. The van der Waals surface area contributed by atoms with Gasteiger partial charge in [-0.3, -0.25) is 4.98 Å². The van der Waals surface area contributed by atoms with Gasteiger partial charge in [0.25, 0.3) is 0 Å². The van der Waals surface area contributed by atoms with Crippen LogP contribution in [-0.2, 0) is 0 Å². The maximum Gasteiger partial charge on any atom is 0.123 e. The maximum absolute atomic E-state index is 5.44. The van der Waals surface area contributed by atoms with Crippen LogP contribution < -0.4 is 14.8 Å². The van der Waals surface area contributed by atoms with E-state index < -0.39 is 0 Å². The minimum Gasteiger partial charge on any atom is -0.497 e. The molecule has 26 heavy (non-hydrogen) atoms. The van der Waals surface area contributed by atoms with Crippen molar-refractivity contribution in [2.24, 2.45) is 0 Å². The molecule has 0 bridgehead atoms. The molecule has 0 atom stereocenters. The fourth-order valence-corrected chi connectivity index (χ4v) is 2.84. The van der Waals surface area contributed by atoms with Crippen LogP contribution in [0.15, 0.2) is 67.1 Å². The smallest absolute Gasteiger partial charge is 0.123 e. The first kappa shape index (κ1) is 16.0. The molecule has 2 aromatic heterocycles. The number of ether oxygens (including phenoxy) is 2. The minimum absolute atomic E-state index is 0.747. The van der Waals surface area contributed by atoms with Crippen molar-refractivity contribution in [3.63, 3.8) is 0 Å². The molecule has 0 spiro atoms. The lowest BCUT2D eigenvalue weighted by molar-refractivity contribution is 0.414. The van der Waals surface area contributed by atoms with Gasteiger partial charge in [-0.25, -0.2) is 4.68 Å². The first-order chi connectivity index (χ1) is 12.8. The number of nitrogens with zero attached hydrogens (tertiary/aromatic N) is 3. The number of hydrogen-bond donors (Lipinski definition) is 1. The molecule has 0 aliphatic carbocycles. The van der Waals surface area contributed by atoms with Crippen LogP contribution in [-0.4, -0.2) is 29.0 Å². The van der Waals surface area contributed by atoms with E-state index in [0.717, 1.165) is 39.5 Å². The molecule has 0 amide bonds. The second-order valence-electron chi connectivity index (χ2n) is 5.74. The SMILES string of the molecule is COc1cc(Nc2ccnc3ccc(OC)cc23)cc(-n2cccn2)c1. The van der Waals surface area contributed by atoms with Crippen molar-refractivity contribution < 1.29 is 9.47 Å². The van der Waals surface area contributed by atoms with E-state index in [9.17, 15) is 0 Å². The molecular formula is C20H18N4O2. The number of methoxy groups -OCH3 is 2. The first-order valence-corrected chi connectivity index (χ1v) is 8.16. The Balaban J connectivity index is 1.77. The molecule has 130 valence electrons. The summed E-state index contributed by atoms with van der Waals surface area (Å²) in [5.41, 5.74) is 3.64. The zero-order valence-corrected chi connectivity index (χ0v) is 14.5. The molecule has 0 fully saturated rings. The van der Waals surface area contributed by atoms with E-state index in [-0.39, 0.29) is 0 Å². The molecule has 2 aromatic carbocycles. The lowest BCUT2D eigenvalue weighted by Gasteiger charge is -2.13. The Morgan fingerprint density at radius 2 is 1.81 bits per heavy atom. The highest BCUT2D eigenvalue weighted by molar-refractivity contribution is 5.93. The van der Waals surface area contributed by atoms with Crippen molar-refractivity contribution >= 4 is 22.3 Å². The topological polar surface area (TPSA) is 61.2 Å². The van der Waals surface area contributed by atoms with Crippen molar-refractivity contribution in [1.82, 2.24) is 14.8 Å². The Kier molecular flexibility index (Phi) is 4.15. The number of rotatable bonds is 5. The van der Waals surface area contributed by atoms with Gasteiger partial charge in [0.15, 0.2) is 0 Å². The summed E-state index contributed by atoms with van der Waals surface area (Å²) < 4.78 is 12.6. The Bertz CT molecular complexity index is 1050. The van der Waals surface area contributed by atoms with Crippen LogP contribution in [0.1, 0.15) is 0 Å². The molecule has 1 N–H and O–H groups in total. The molecule has 0 saturated heterocycles. The number of hydrogen-bond acceptors (Lipinski definition) is 5. The average Bonchev–Trinajstić information content (AvgIpc) is 3.22. The van der Waals surface area contributed by atoms with Crippen LogP contribution in [0, 0.1) is 0 Å². The maximum atomic E-state index is 5.44. The van der Waals surface area contributed by atoms with Crippen LogP contribution in [0.5, 0.6) is 11.5 Å². The van der Waals surface area contributed by atoms with Gasteiger partial charge in [-0.1, -0.05) is 0 Å². The molecule has 0 aliphatic rings. The predicted molar refractivity (Wildman–Crippen MR) is 102 cm³/mol. The summed E-state index contributed by atoms with van der Waals surface area (Å²) in [5.74, 6) is 1.54. The fourth-order valence-electron chi connectivity index (χ4n) is 2.84. The normalized spacial score (nSPS) is 10.7. The van der Waals surface area contributed by atoms with E-state index in [1.54, 1.807) is 31.3 Å². The van der Waals surface area contributed by atoms with Gasteiger partial charge in [0.1, 0.15) is 11.5 Å². The van der Waals surface area contributed by atoms with Gasteiger partial charge in [0.05, 0.1) is 25.4 Å². The summed E-state index contributed by atoms with van der Waals surface area (Å²) in [6, 6.07) is 15.5. The molecule has 4 rings (SSSR count). The quantitative estimate of drug-likeness (QED) is 0.587. The monoisotopic (exact) mass is 346 g/mol. The lowest BCUT2D eigenvalue weighted by atomic mass is 10.1. The van der Waals surface area contributed by atoms with E-state index in [4.69, 9.17) is 9.47 Å². The van der Waals surface area contributed by atoms with Gasteiger partial charge >= 0.3 is 0 Å². The molecule has 0 unspecified atom stereocenters. The van der Waals surface area contributed by atoms with Gasteiger partial charge in [0.2, 0.25) is 0 Å². The zero-order valence-electron chi connectivity index (χ0n) is 14.5. The molecule has 2 heterocycles. The summed E-state index contributed by atoms with van der Waals surface area (Å²) in [6.07, 6.45) is 5.42. The highest BCUT2D eigenvalue weighted by atomic mass is 16.5. The highest BCUT2D eigenvalue weighted by Gasteiger charge is 2.08. The lowest BCUT2D eigenvalue weighted by Crippen LogP contribution is -1.99. The zero-order chi connectivity index (χ0) is 17.9. The summed E-state index contributed by atoms with van der Waals surface area (Å²) in [7, 11) is 3.31. The Morgan fingerprint density at radius 3 is 2.58 bits per heavy atom. The molecule has 0 aliphatic heterocycles. The van der Waals surface area contributed by atoms with Gasteiger partial charge in [0, 0.05) is 47.5 Å². The Labute approximate surface area is 151 Å². The van der Waals surface area contributed by atoms with Crippen LogP contribution in [0.3, 0.4) is 0 Å². The third-order valence-corrected chi connectivity index (χ3v) is 4.12. The van der Waals surface area contributed by atoms with Crippen molar-refractivity contribution in [2.75, 3.05) is 19.5 Å². The van der Waals surface area contributed by atoms with Crippen molar-refractivity contribution in [2.45, 2.75) is 0 Å². The summed E-state index contributed by atoms with van der Waals surface area (Å²) in [6.45, 7) is 0. The van der Waals surface area contributed by atoms with Crippen LogP contribution in [0.2, 0.25) is 0 Å². The van der Waals surface area contributed by atoms with E-state index in [1.165, 1.54) is 0 Å². The van der Waals surface area contributed by atoms with E-state index in [2.05, 4.69) is 15.4 Å². The van der Waals surface area contributed by atoms with Gasteiger partial charge in [-0.2, -0.15) is 5.10 Å². The number of nitrogens with one attached hydrogen (secondary N) is 1. The van der Waals surface area contributed by atoms with Crippen LogP contribution >= 0.6 is 0 Å². The second-order valence-corrected chi connectivity index (χ2v) is 5.74. The summed E-state index contributed by atoms with van der Waals surface area (Å²) in [5, 5.41) is 8.73. The largest absolute Gasteiger partial charge is 0.497 e. The molecular weight excluding hydrogens is 328 g/mol. The number of anilines is 2. The Hall–Kier alpha value is -3.54.